The topological polar surface area (TPSA) is 103 Å². The molecule has 0 radical (unpaired) electrons. The third-order valence-electron chi connectivity index (χ3n) is 6.51. The van der Waals surface area contributed by atoms with Crippen molar-refractivity contribution in [2.75, 3.05) is 30.3 Å². The van der Waals surface area contributed by atoms with Gasteiger partial charge in [-0.1, -0.05) is 48.0 Å². The molecule has 0 saturated carbocycles. The minimum atomic E-state index is 0. The van der Waals surface area contributed by atoms with Crippen molar-refractivity contribution in [2.24, 2.45) is 0 Å². The van der Waals surface area contributed by atoms with Crippen molar-refractivity contribution in [1.29, 1.82) is 0 Å². The Balaban J connectivity index is 0.00000180. The van der Waals surface area contributed by atoms with Gasteiger partial charge in [0.2, 0.25) is 11.9 Å². The number of nitrogens with two attached hydrogens (primary N) is 1. The van der Waals surface area contributed by atoms with Gasteiger partial charge in [0.05, 0.1) is 5.69 Å². The van der Waals surface area contributed by atoms with Gasteiger partial charge in [-0.05, 0) is 54.2 Å². The van der Waals surface area contributed by atoms with Crippen molar-refractivity contribution in [3.05, 3.63) is 76.9 Å². The second kappa shape index (κ2) is 13.0. The molecule has 2 aromatic heterocycles. The normalized spacial score (nSPS) is 13.9. The number of aromatic nitrogens is 5. The number of piperidine rings is 1. The summed E-state index contributed by atoms with van der Waals surface area (Å²) in [7, 11) is 0. The molecule has 0 spiro atoms. The molecule has 0 unspecified atom stereocenters. The van der Waals surface area contributed by atoms with Gasteiger partial charge >= 0.3 is 0 Å². The van der Waals surface area contributed by atoms with Crippen LogP contribution in [0.1, 0.15) is 24.0 Å². The number of H-pyrrole nitrogens is 2. The molecule has 1 fully saturated rings. The number of hydrogen-bond acceptors (Lipinski definition) is 6. The Hall–Kier alpha value is -2.78. The summed E-state index contributed by atoms with van der Waals surface area (Å²) in [5.74, 6) is 1.05. The maximum atomic E-state index is 6.08. The monoisotopic (exact) mass is 548 g/mol. The SMILES string of the molecule is Cl.Cl.Nc1nc(N2CCC(N(CCc3ccc(Cl)cc3)Cc3ccc(-c4ccn[nH]4)cc3)CC2)n[nH]1. The van der Waals surface area contributed by atoms with Crippen molar-refractivity contribution in [3.8, 4) is 11.3 Å². The highest BCUT2D eigenvalue weighted by Crippen LogP contribution is 2.24. The first-order valence-corrected chi connectivity index (χ1v) is 12.0. The molecule has 0 atom stereocenters. The van der Waals surface area contributed by atoms with Crippen LogP contribution in [-0.4, -0.2) is 56.0 Å². The van der Waals surface area contributed by atoms with Gasteiger partial charge in [-0.3, -0.25) is 10.00 Å². The number of rotatable bonds is 8. The van der Waals surface area contributed by atoms with Gasteiger partial charge in [-0.2, -0.15) is 10.1 Å². The van der Waals surface area contributed by atoms with E-state index in [9.17, 15) is 0 Å². The summed E-state index contributed by atoms with van der Waals surface area (Å²) >= 11 is 6.08. The average Bonchev–Trinajstić information content (AvgIpc) is 3.56. The van der Waals surface area contributed by atoms with Crippen LogP contribution >= 0.6 is 36.4 Å². The molecule has 192 valence electrons. The van der Waals surface area contributed by atoms with E-state index in [0.29, 0.717) is 17.9 Å². The van der Waals surface area contributed by atoms with E-state index in [1.165, 1.54) is 11.1 Å². The Morgan fingerprint density at radius 2 is 1.64 bits per heavy atom. The second-order valence-corrected chi connectivity index (χ2v) is 9.19. The summed E-state index contributed by atoms with van der Waals surface area (Å²) in [4.78, 5) is 9.11. The number of benzene rings is 2. The van der Waals surface area contributed by atoms with E-state index in [4.69, 9.17) is 17.3 Å². The smallest absolute Gasteiger partial charge is 0.246 e. The molecule has 1 saturated heterocycles. The van der Waals surface area contributed by atoms with Crippen LogP contribution < -0.4 is 10.6 Å². The largest absolute Gasteiger partial charge is 0.368 e. The van der Waals surface area contributed by atoms with E-state index in [1.807, 2.05) is 18.2 Å². The first-order valence-electron chi connectivity index (χ1n) is 11.6. The van der Waals surface area contributed by atoms with E-state index < -0.39 is 0 Å². The lowest BCUT2D eigenvalue weighted by Gasteiger charge is -2.38. The number of hydrogen-bond donors (Lipinski definition) is 3. The van der Waals surface area contributed by atoms with E-state index in [-0.39, 0.29) is 24.8 Å². The highest BCUT2D eigenvalue weighted by Gasteiger charge is 2.26. The molecule has 0 aliphatic carbocycles. The fourth-order valence-electron chi connectivity index (χ4n) is 4.59. The summed E-state index contributed by atoms with van der Waals surface area (Å²) in [6, 6.07) is 19.4. The lowest BCUT2D eigenvalue weighted by atomic mass is 10.0. The van der Waals surface area contributed by atoms with Crippen LogP contribution in [0.2, 0.25) is 5.02 Å². The third-order valence-corrected chi connectivity index (χ3v) is 6.76. The van der Waals surface area contributed by atoms with E-state index in [1.54, 1.807) is 6.20 Å². The molecule has 11 heteroatoms. The Morgan fingerprint density at radius 1 is 0.944 bits per heavy atom. The van der Waals surface area contributed by atoms with Crippen molar-refractivity contribution in [2.45, 2.75) is 31.8 Å². The van der Waals surface area contributed by atoms with Gasteiger partial charge in [0.15, 0.2) is 0 Å². The fourth-order valence-corrected chi connectivity index (χ4v) is 4.72. The molecule has 4 N–H and O–H groups in total. The van der Waals surface area contributed by atoms with Crippen LogP contribution in [0.25, 0.3) is 11.3 Å². The molecule has 5 rings (SSSR count). The molecule has 2 aromatic carbocycles. The number of halogens is 3. The number of anilines is 2. The molecule has 36 heavy (non-hydrogen) atoms. The van der Waals surface area contributed by atoms with Crippen LogP contribution in [0.4, 0.5) is 11.9 Å². The summed E-state index contributed by atoms with van der Waals surface area (Å²) < 4.78 is 0. The van der Waals surface area contributed by atoms with E-state index in [2.05, 4.69) is 71.6 Å². The average molecular weight is 550 g/mol. The fraction of sp³-hybridized carbons (Fsp3) is 0.320. The lowest BCUT2D eigenvalue weighted by Crippen LogP contribution is -2.45. The van der Waals surface area contributed by atoms with Gasteiger partial charge in [-0.25, -0.2) is 5.10 Å². The lowest BCUT2D eigenvalue weighted by molar-refractivity contribution is 0.162. The summed E-state index contributed by atoms with van der Waals surface area (Å²) in [6.07, 6.45) is 4.88. The molecule has 4 aromatic rings. The number of nitrogens with one attached hydrogen (secondary N) is 2. The summed E-state index contributed by atoms with van der Waals surface area (Å²) in [5, 5.41) is 14.8. The maximum Gasteiger partial charge on any atom is 0.246 e. The van der Waals surface area contributed by atoms with Gasteiger partial charge < -0.3 is 10.6 Å². The van der Waals surface area contributed by atoms with Crippen LogP contribution in [0.15, 0.2) is 60.8 Å². The van der Waals surface area contributed by atoms with Gasteiger partial charge in [-0.15, -0.1) is 29.9 Å². The highest BCUT2D eigenvalue weighted by molar-refractivity contribution is 6.30. The van der Waals surface area contributed by atoms with Crippen molar-refractivity contribution in [3.63, 3.8) is 0 Å². The highest BCUT2D eigenvalue weighted by atomic mass is 35.5. The zero-order valence-corrected chi connectivity index (χ0v) is 22.2. The standard InChI is InChI=1S/C25H29ClN8.2ClH/c26-21-7-3-18(4-8-21)10-14-34(17-19-1-5-20(6-2-19)23-9-13-28-30-23)22-11-15-33(16-12-22)25-29-24(27)31-32-25;;/h1-9,13,22H,10-12,14-17H2,(H,28,30)(H3,27,29,31,32);2*1H. The second-order valence-electron chi connectivity index (χ2n) is 8.75. The Morgan fingerprint density at radius 3 is 2.25 bits per heavy atom. The Labute approximate surface area is 228 Å². The minimum Gasteiger partial charge on any atom is -0.368 e. The quantitative estimate of drug-likeness (QED) is 0.286. The molecule has 8 nitrogen and oxygen atoms in total. The van der Waals surface area contributed by atoms with Crippen molar-refractivity contribution >= 4 is 48.3 Å². The summed E-state index contributed by atoms with van der Waals surface area (Å²) in [6.45, 7) is 3.73. The molecule has 0 bridgehead atoms. The molecule has 1 aliphatic heterocycles. The van der Waals surface area contributed by atoms with Crippen molar-refractivity contribution < 1.29 is 0 Å². The zero-order chi connectivity index (χ0) is 23.3. The number of nitrogens with zero attached hydrogens (tertiary/aromatic N) is 5. The van der Waals surface area contributed by atoms with Crippen LogP contribution in [0.3, 0.4) is 0 Å². The molecular weight excluding hydrogens is 519 g/mol. The molecular formula is C25H31Cl3N8. The number of nitrogen functional groups attached to an aromatic ring is 1. The Bertz CT molecular complexity index is 1170. The van der Waals surface area contributed by atoms with Gasteiger partial charge in [0.25, 0.3) is 0 Å². The van der Waals surface area contributed by atoms with Gasteiger partial charge in [0.1, 0.15) is 0 Å². The van der Waals surface area contributed by atoms with Crippen molar-refractivity contribution in [1.82, 2.24) is 30.3 Å². The van der Waals surface area contributed by atoms with Crippen LogP contribution in [-0.2, 0) is 13.0 Å². The molecule has 0 amide bonds. The van der Waals surface area contributed by atoms with Crippen LogP contribution in [0.5, 0.6) is 0 Å². The minimum absolute atomic E-state index is 0. The maximum absolute atomic E-state index is 6.08. The van der Waals surface area contributed by atoms with Crippen LogP contribution in [0, 0.1) is 0 Å². The van der Waals surface area contributed by atoms with E-state index >= 15 is 0 Å². The first kappa shape index (κ1) is 27.8. The molecule has 3 heterocycles. The zero-order valence-electron chi connectivity index (χ0n) is 19.8. The third kappa shape index (κ3) is 6.91. The summed E-state index contributed by atoms with van der Waals surface area (Å²) in [5.41, 5.74) is 10.5. The Kier molecular flexibility index (Phi) is 10.0. The first-order chi connectivity index (χ1) is 16.6. The predicted octanol–water partition coefficient (Wildman–Crippen LogP) is 4.99. The van der Waals surface area contributed by atoms with E-state index in [0.717, 1.165) is 61.7 Å². The molecule has 1 aliphatic rings. The predicted molar refractivity (Wildman–Crippen MR) is 150 cm³/mol. The van der Waals surface area contributed by atoms with Gasteiger partial charge in [0, 0.05) is 43.4 Å². The number of aromatic amines is 2.